The van der Waals surface area contributed by atoms with Gasteiger partial charge in [-0.25, -0.2) is 8.78 Å². The second kappa shape index (κ2) is 7.93. The summed E-state index contributed by atoms with van der Waals surface area (Å²) in [5.74, 6) is -1.67. The van der Waals surface area contributed by atoms with Crippen LogP contribution in [0.2, 0.25) is 0 Å². The third-order valence-electron chi connectivity index (χ3n) is 6.11. The summed E-state index contributed by atoms with van der Waals surface area (Å²) in [6, 6.07) is 12.9. The van der Waals surface area contributed by atoms with E-state index in [1.54, 1.807) is 4.90 Å². The number of halogens is 2. The molecule has 4 nitrogen and oxygen atoms in total. The average Bonchev–Trinajstić information content (AvgIpc) is 2.72. The Kier molecular flexibility index (Phi) is 5.35. The van der Waals surface area contributed by atoms with E-state index in [4.69, 9.17) is 0 Å². The van der Waals surface area contributed by atoms with Gasteiger partial charge in [-0.1, -0.05) is 49.6 Å². The van der Waals surface area contributed by atoms with Crippen molar-refractivity contribution >= 4 is 11.8 Å². The Balaban J connectivity index is 1.46. The van der Waals surface area contributed by atoms with Crippen molar-refractivity contribution in [1.29, 1.82) is 0 Å². The molecule has 0 radical (unpaired) electrons. The fraction of sp³-hybridized carbons (Fsp3) is 0.391. The number of hydrogen-bond acceptors (Lipinski definition) is 2. The number of β-lactam (4-membered cyclic amide) rings is 1. The molecule has 29 heavy (non-hydrogen) atoms. The van der Waals surface area contributed by atoms with Crippen molar-refractivity contribution in [2.24, 2.45) is 5.41 Å². The Morgan fingerprint density at radius 3 is 2.34 bits per heavy atom. The van der Waals surface area contributed by atoms with Gasteiger partial charge in [0, 0.05) is 12.6 Å². The predicted molar refractivity (Wildman–Crippen MR) is 105 cm³/mol. The summed E-state index contributed by atoms with van der Waals surface area (Å²) >= 11 is 0. The Bertz CT molecular complexity index is 890. The summed E-state index contributed by atoms with van der Waals surface area (Å²) in [6.45, 7) is -0.0470. The normalized spacial score (nSPS) is 20.4. The zero-order valence-electron chi connectivity index (χ0n) is 16.2. The molecule has 1 unspecified atom stereocenters. The molecule has 6 heteroatoms. The molecule has 1 saturated heterocycles. The van der Waals surface area contributed by atoms with Crippen molar-refractivity contribution in [2.75, 3.05) is 6.54 Å². The van der Waals surface area contributed by atoms with Gasteiger partial charge < -0.3 is 10.2 Å². The van der Waals surface area contributed by atoms with Crippen LogP contribution in [-0.4, -0.2) is 23.3 Å². The van der Waals surface area contributed by atoms with Crippen molar-refractivity contribution < 1.29 is 18.4 Å². The Morgan fingerprint density at radius 1 is 1.03 bits per heavy atom. The average molecular weight is 398 g/mol. The molecule has 2 aliphatic rings. The minimum absolute atomic E-state index is 0.0106. The quantitative estimate of drug-likeness (QED) is 0.771. The Morgan fingerprint density at radius 2 is 1.69 bits per heavy atom. The topological polar surface area (TPSA) is 49.4 Å². The summed E-state index contributed by atoms with van der Waals surface area (Å²) in [6.07, 6.45) is 4.90. The lowest BCUT2D eigenvalue weighted by atomic mass is 9.60. The summed E-state index contributed by atoms with van der Waals surface area (Å²) in [4.78, 5) is 27.2. The number of rotatable bonds is 5. The molecule has 2 aromatic carbocycles. The molecular weight excluding hydrogens is 374 g/mol. The number of likely N-dealkylation sites (tertiary alicyclic amines) is 1. The van der Waals surface area contributed by atoms with E-state index in [9.17, 15) is 18.4 Å². The van der Waals surface area contributed by atoms with Crippen LogP contribution in [0.15, 0.2) is 48.5 Å². The van der Waals surface area contributed by atoms with E-state index in [0.717, 1.165) is 43.7 Å². The van der Waals surface area contributed by atoms with Crippen molar-refractivity contribution in [3.63, 3.8) is 0 Å². The SMILES string of the molecule is O=C(CN1C(=O)C2(CCCCC2)C1c1ccccc1)NCc1cc(F)cc(F)c1. The monoisotopic (exact) mass is 398 g/mol. The van der Waals surface area contributed by atoms with E-state index < -0.39 is 17.0 Å². The van der Waals surface area contributed by atoms with Gasteiger partial charge in [0.25, 0.3) is 0 Å². The molecule has 4 rings (SSSR count). The highest BCUT2D eigenvalue weighted by Crippen LogP contribution is 2.57. The summed E-state index contributed by atoms with van der Waals surface area (Å²) in [7, 11) is 0. The fourth-order valence-corrected chi connectivity index (χ4v) is 4.84. The third kappa shape index (κ3) is 3.76. The van der Waals surface area contributed by atoms with E-state index in [2.05, 4.69) is 5.32 Å². The van der Waals surface area contributed by atoms with Crippen LogP contribution in [0.25, 0.3) is 0 Å². The van der Waals surface area contributed by atoms with Crippen LogP contribution < -0.4 is 5.32 Å². The molecule has 1 aliphatic heterocycles. The van der Waals surface area contributed by atoms with E-state index in [1.165, 1.54) is 12.1 Å². The van der Waals surface area contributed by atoms with Gasteiger partial charge in [-0.2, -0.15) is 0 Å². The van der Waals surface area contributed by atoms with Crippen LogP contribution in [0.4, 0.5) is 8.78 Å². The lowest BCUT2D eigenvalue weighted by Crippen LogP contribution is -2.65. The highest BCUT2D eigenvalue weighted by molar-refractivity contribution is 5.94. The third-order valence-corrected chi connectivity index (χ3v) is 6.11. The maximum atomic E-state index is 13.3. The van der Waals surface area contributed by atoms with Gasteiger partial charge in [-0.05, 0) is 36.1 Å². The van der Waals surface area contributed by atoms with Gasteiger partial charge >= 0.3 is 0 Å². The lowest BCUT2D eigenvalue weighted by molar-refractivity contribution is -0.180. The maximum absolute atomic E-state index is 13.3. The van der Waals surface area contributed by atoms with Crippen LogP contribution in [0.5, 0.6) is 0 Å². The second-order valence-corrected chi connectivity index (χ2v) is 8.02. The first-order valence-corrected chi connectivity index (χ1v) is 10.1. The van der Waals surface area contributed by atoms with Gasteiger partial charge in [0.1, 0.15) is 18.2 Å². The fourth-order valence-electron chi connectivity index (χ4n) is 4.84. The molecule has 2 fully saturated rings. The second-order valence-electron chi connectivity index (χ2n) is 8.02. The molecule has 0 aromatic heterocycles. The first kappa shape index (κ1) is 19.6. The zero-order chi connectivity index (χ0) is 20.4. The molecule has 152 valence electrons. The molecule has 1 aliphatic carbocycles. The number of nitrogens with one attached hydrogen (secondary N) is 1. The van der Waals surface area contributed by atoms with Crippen molar-refractivity contribution in [3.05, 3.63) is 71.3 Å². The smallest absolute Gasteiger partial charge is 0.239 e. The number of carbonyl (C=O) groups excluding carboxylic acids is 2. The Hall–Kier alpha value is -2.76. The standard InChI is InChI=1S/C23H24F2N2O2/c24-18-11-16(12-19(25)13-18)14-26-20(28)15-27-21(17-7-3-1-4-8-17)23(22(27)29)9-5-2-6-10-23/h1,3-4,7-8,11-13,21H,2,5-6,9-10,14-15H2,(H,26,28). The van der Waals surface area contributed by atoms with Crippen LogP contribution in [0.1, 0.15) is 49.3 Å². The van der Waals surface area contributed by atoms with Gasteiger partial charge in [0.15, 0.2) is 0 Å². The van der Waals surface area contributed by atoms with Crippen LogP contribution >= 0.6 is 0 Å². The Labute approximate surface area is 168 Å². The van der Waals surface area contributed by atoms with E-state index in [1.807, 2.05) is 30.3 Å². The van der Waals surface area contributed by atoms with Crippen molar-refractivity contribution in [1.82, 2.24) is 10.2 Å². The van der Waals surface area contributed by atoms with E-state index in [-0.39, 0.29) is 30.9 Å². The van der Waals surface area contributed by atoms with Crippen LogP contribution in [-0.2, 0) is 16.1 Å². The number of benzene rings is 2. The molecule has 1 N–H and O–H groups in total. The molecule has 1 heterocycles. The van der Waals surface area contributed by atoms with Gasteiger partial charge in [-0.3, -0.25) is 9.59 Å². The van der Waals surface area contributed by atoms with Gasteiger partial charge in [0.05, 0.1) is 11.5 Å². The van der Waals surface area contributed by atoms with Crippen LogP contribution in [0, 0.1) is 17.0 Å². The molecule has 1 saturated carbocycles. The first-order chi connectivity index (χ1) is 14.0. The number of hydrogen-bond donors (Lipinski definition) is 1. The minimum Gasteiger partial charge on any atom is -0.350 e. The van der Waals surface area contributed by atoms with Crippen LogP contribution in [0.3, 0.4) is 0 Å². The molecule has 1 atom stereocenters. The van der Waals surface area contributed by atoms with Gasteiger partial charge in [-0.15, -0.1) is 0 Å². The highest BCUT2D eigenvalue weighted by Gasteiger charge is 2.60. The van der Waals surface area contributed by atoms with Gasteiger partial charge in [0.2, 0.25) is 11.8 Å². The van der Waals surface area contributed by atoms with E-state index >= 15 is 0 Å². The van der Waals surface area contributed by atoms with E-state index in [0.29, 0.717) is 5.56 Å². The minimum atomic E-state index is -0.685. The molecule has 0 bridgehead atoms. The summed E-state index contributed by atoms with van der Waals surface area (Å²) in [5.41, 5.74) is 0.995. The highest BCUT2D eigenvalue weighted by atomic mass is 19.1. The largest absolute Gasteiger partial charge is 0.350 e. The molecular formula is C23H24F2N2O2. The molecule has 2 amide bonds. The maximum Gasteiger partial charge on any atom is 0.239 e. The predicted octanol–water partition coefficient (Wildman–Crippen LogP) is 4.12. The number of carbonyl (C=O) groups is 2. The van der Waals surface area contributed by atoms with Crippen molar-refractivity contribution in [2.45, 2.75) is 44.7 Å². The molecule has 1 spiro atoms. The number of amides is 2. The summed E-state index contributed by atoms with van der Waals surface area (Å²) in [5, 5.41) is 2.67. The molecule has 2 aromatic rings. The first-order valence-electron chi connectivity index (χ1n) is 10.1. The lowest BCUT2D eigenvalue weighted by Gasteiger charge is -2.58. The van der Waals surface area contributed by atoms with Crippen molar-refractivity contribution in [3.8, 4) is 0 Å². The number of nitrogens with zero attached hydrogens (tertiary/aromatic N) is 1. The zero-order valence-corrected chi connectivity index (χ0v) is 16.2. The summed E-state index contributed by atoms with van der Waals surface area (Å²) < 4.78 is 26.6.